The first-order valence-corrected chi connectivity index (χ1v) is 11.0. The lowest BCUT2D eigenvalue weighted by Gasteiger charge is -2.27. The van der Waals surface area contributed by atoms with E-state index >= 15 is 0 Å². The molecule has 0 spiro atoms. The molecule has 0 aromatic carbocycles. The molecule has 2 fully saturated rings. The summed E-state index contributed by atoms with van der Waals surface area (Å²) in [5, 5.41) is 10.00. The molecule has 8 nitrogen and oxygen atoms in total. The van der Waals surface area contributed by atoms with Crippen LogP contribution in [0.25, 0.3) is 10.6 Å². The molecule has 0 bridgehead atoms. The molecule has 1 unspecified atom stereocenters. The number of nitrogen functional groups attached to an aromatic ring is 1. The maximum absolute atomic E-state index is 8.78. The van der Waals surface area contributed by atoms with E-state index < -0.39 is 0 Å². The molecule has 3 N–H and O–H groups in total. The lowest BCUT2D eigenvalue weighted by atomic mass is 9.98. The highest BCUT2D eigenvalue weighted by Gasteiger charge is 2.26. The molecule has 0 saturated carbocycles. The third-order valence-corrected chi connectivity index (χ3v) is 6.78. The monoisotopic (exact) mass is 419 g/mol. The summed E-state index contributed by atoms with van der Waals surface area (Å²) in [5.41, 5.74) is 8.66. The second-order valence-corrected chi connectivity index (χ2v) is 8.90. The number of piperidine rings is 1. The zero-order valence-corrected chi connectivity index (χ0v) is 17.7. The normalized spacial score (nSPS) is 22.8. The van der Waals surface area contributed by atoms with Crippen molar-refractivity contribution in [1.82, 2.24) is 19.9 Å². The first kappa shape index (κ1) is 20.6. The Morgan fingerprint density at radius 2 is 2.00 bits per heavy atom. The van der Waals surface area contributed by atoms with Gasteiger partial charge in [0.2, 0.25) is 5.95 Å². The highest BCUT2D eigenvalue weighted by Crippen LogP contribution is 2.39. The van der Waals surface area contributed by atoms with Crippen molar-refractivity contribution in [3.05, 3.63) is 22.5 Å². The van der Waals surface area contributed by atoms with Crippen molar-refractivity contribution >= 4 is 17.3 Å². The number of ether oxygens (including phenoxy) is 2. The van der Waals surface area contributed by atoms with Crippen molar-refractivity contribution in [2.24, 2.45) is 0 Å². The number of nitrogens with two attached hydrogens (primary N) is 1. The Hall–Kier alpha value is -1.65. The molecule has 29 heavy (non-hydrogen) atoms. The fourth-order valence-corrected chi connectivity index (χ4v) is 5.05. The number of anilines is 1. The zero-order chi connectivity index (χ0) is 20.2. The zero-order valence-electron chi connectivity index (χ0n) is 16.8. The number of fused-ring (bicyclic) bond motifs is 3. The second kappa shape index (κ2) is 9.44. The quantitative estimate of drug-likeness (QED) is 0.724. The van der Waals surface area contributed by atoms with Gasteiger partial charge in [-0.25, -0.2) is 15.0 Å². The summed E-state index contributed by atoms with van der Waals surface area (Å²) in [6.45, 7) is 4.70. The molecule has 0 amide bonds. The van der Waals surface area contributed by atoms with E-state index in [0.29, 0.717) is 31.7 Å². The van der Waals surface area contributed by atoms with Gasteiger partial charge < -0.3 is 25.2 Å². The molecular formula is C20H29N5O3S. The van der Waals surface area contributed by atoms with Gasteiger partial charge in [0.15, 0.2) is 0 Å². The van der Waals surface area contributed by atoms with Crippen LogP contribution in [0.4, 0.5) is 5.95 Å². The Labute approximate surface area is 175 Å². The Balaban J connectivity index is 0.000000249. The molecule has 2 aromatic heterocycles. The lowest BCUT2D eigenvalue weighted by molar-refractivity contribution is -0.00535. The minimum Gasteiger partial charge on any atom is -0.391 e. The molecule has 9 heteroatoms. The molecule has 3 aliphatic heterocycles. The molecule has 3 aliphatic rings. The van der Waals surface area contributed by atoms with E-state index in [1.165, 1.54) is 17.8 Å². The van der Waals surface area contributed by atoms with Crippen LogP contribution in [-0.4, -0.2) is 64.4 Å². The minimum absolute atomic E-state index is 0.186. The standard InChI is InChI=1S/C15H19N5OS.C5H10O2/c1-20-4-2-9(3-5-20)14-18-11-8-21-7-10-6-17-15(16)19-12(10)13(11)22-14;6-5-2-1-3-7-4-5/h6,9H,2-5,7-8H2,1H3,(H2,16,17,19);5-6H,1-4H2. The van der Waals surface area contributed by atoms with Crippen molar-refractivity contribution in [2.75, 3.05) is 39.1 Å². The van der Waals surface area contributed by atoms with Gasteiger partial charge in [-0.3, -0.25) is 0 Å². The third kappa shape index (κ3) is 5.10. The number of aliphatic hydroxyl groups is 1. The number of likely N-dealkylation sites (tertiary alicyclic amines) is 1. The van der Waals surface area contributed by atoms with Crippen LogP contribution in [0, 0.1) is 0 Å². The summed E-state index contributed by atoms with van der Waals surface area (Å²) >= 11 is 1.75. The van der Waals surface area contributed by atoms with Crippen molar-refractivity contribution < 1.29 is 14.6 Å². The molecule has 5 heterocycles. The maximum atomic E-state index is 8.78. The first-order valence-electron chi connectivity index (χ1n) is 10.2. The van der Waals surface area contributed by atoms with E-state index in [-0.39, 0.29) is 6.10 Å². The van der Waals surface area contributed by atoms with Crippen molar-refractivity contribution in [1.29, 1.82) is 0 Å². The highest BCUT2D eigenvalue weighted by molar-refractivity contribution is 7.15. The Bertz CT molecular complexity index is 816. The fourth-order valence-electron chi connectivity index (χ4n) is 3.79. The topological polar surface area (TPSA) is 107 Å². The molecule has 2 aromatic rings. The van der Waals surface area contributed by atoms with Crippen LogP contribution < -0.4 is 5.73 Å². The van der Waals surface area contributed by atoms with Crippen LogP contribution in [-0.2, 0) is 22.7 Å². The molecule has 1 atom stereocenters. The predicted octanol–water partition coefficient (Wildman–Crippen LogP) is 2.18. The number of nitrogens with zero attached hydrogens (tertiary/aromatic N) is 4. The van der Waals surface area contributed by atoms with E-state index in [0.717, 1.165) is 54.4 Å². The van der Waals surface area contributed by atoms with E-state index in [2.05, 4.69) is 21.9 Å². The molecule has 0 radical (unpaired) electrons. The number of rotatable bonds is 1. The van der Waals surface area contributed by atoms with Gasteiger partial charge in [-0.2, -0.15) is 0 Å². The average molecular weight is 420 g/mol. The van der Waals surface area contributed by atoms with Crippen LogP contribution >= 0.6 is 11.3 Å². The SMILES string of the molecule is CN1CCC(c2nc3c(s2)-c2nc(N)ncc2COC3)CC1.OC1CCCOC1. The average Bonchev–Trinajstić information content (AvgIpc) is 3.07. The number of hydrogen-bond donors (Lipinski definition) is 2. The van der Waals surface area contributed by atoms with Gasteiger partial charge in [-0.15, -0.1) is 11.3 Å². The summed E-state index contributed by atoms with van der Waals surface area (Å²) in [6.07, 6.45) is 5.85. The summed E-state index contributed by atoms with van der Waals surface area (Å²) in [7, 11) is 2.18. The third-order valence-electron chi connectivity index (χ3n) is 5.51. The van der Waals surface area contributed by atoms with E-state index in [1.807, 2.05) is 0 Å². The first-order chi connectivity index (χ1) is 14.1. The Morgan fingerprint density at radius 3 is 2.69 bits per heavy atom. The van der Waals surface area contributed by atoms with E-state index in [1.54, 1.807) is 17.5 Å². The fraction of sp³-hybridized carbons (Fsp3) is 0.650. The Kier molecular flexibility index (Phi) is 6.71. The van der Waals surface area contributed by atoms with Crippen LogP contribution in [0.15, 0.2) is 6.20 Å². The summed E-state index contributed by atoms with van der Waals surface area (Å²) < 4.78 is 10.7. The van der Waals surface area contributed by atoms with Gasteiger partial charge in [0.05, 0.1) is 47.2 Å². The van der Waals surface area contributed by atoms with Gasteiger partial charge in [0.1, 0.15) is 0 Å². The molecule has 5 rings (SSSR count). The Morgan fingerprint density at radius 1 is 1.17 bits per heavy atom. The van der Waals surface area contributed by atoms with Crippen molar-refractivity contribution in [2.45, 2.75) is 50.9 Å². The second-order valence-electron chi connectivity index (χ2n) is 7.87. The predicted molar refractivity (Wildman–Crippen MR) is 112 cm³/mol. The van der Waals surface area contributed by atoms with Gasteiger partial charge in [-0.1, -0.05) is 0 Å². The van der Waals surface area contributed by atoms with Crippen molar-refractivity contribution in [3.8, 4) is 10.6 Å². The molecular weight excluding hydrogens is 390 g/mol. The molecule has 158 valence electrons. The van der Waals surface area contributed by atoms with Gasteiger partial charge in [0.25, 0.3) is 0 Å². The van der Waals surface area contributed by atoms with Crippen LogP contribution in [0.3, 0.4) is 0 Å². The van der Waals surface area contributed by atoms with Crippen LogP contribution in [0.1, 0.15) is 47.9 Å². The number of thiazole rings is 1. The summed E-state index contributed by atoms with van der Waals surface area (Å²) in [6, 6.07) is 0. The van der Waals surface area contributed by atoms with Gasteiger partial charge in [-0.05, 0) is 45.8 Å². The van der Waals surface area contributed by atoms with Crippen molar-refractivity contribution in [3.63, 3.8) is 0 Å². The summed E-state index contributed by atoms with van der Waals surface area (Å²) in [4.78, 5) is 16.9. The molecule has 0 aliphatic carbocycles. The lowest BCUT2D eigenvalue weighted by Crippen LogP contribution is -2.29. The largest absolute Gasteiger partial charge is 0.391 e. The van der Waals surface area contributed by atoms with E-state index in [4.69, 9.17) is 25.3 Å². The number of aliphatic hydroxyl groups excluding tert-OH is 1. The number of aromatic nitrogens is 3. The summed E-state index contributed by atoms with van der Waals surface area (Å²) in [5.74, 6) is 0.858. The van der Waals surface area contributed by atoms with E-state index in [9.17, 15) is 0 Å². The smallest absolute Gasteiger partial charge is 0.220 e. The van der Waals surface area contributed by atoms with Gasteiger partial charge >= 0.3 is 0 Å². The minimum atomic E-state index is -0.186. The van der Waals surface area contributed by atoms with Crippen LogP contribution in [0.5, 0.6) is 0 Å². The maximum Gasteiger partial charge on any atom is 0.220 e. The van der Waals surface area contributed by atoms with Crippen LogP contribution in [0.2, 0.25) is 0 Å². The molecule has 2 saturated heterocycles. The number of hydrogen-bond acceptors (Lipinski definition) is 9. The van der Waals surface area contributed by atoms with Gasteiger partial charge in [0, 0.05) is 24.3 Å². The highest BCUT2D eigenvalue weighted by atomic mass is 32.1.